The summed E-state index contributed by atoms with van der Waals surface area (Å²) >= 11 is 0. The lowest BCUT2D eigenvalue weighted by Crippen LogP contribution is -2.29. The molecule has 0 aliphatic rings. The molecule has 3 aromatic rings. The minimum Gasteiger partial charge on any atom is -0.332 e. The summed E-state index contributed by atoms with van der Waals surface area (Å²) in [6.07, 6.45) is -8.77. The first-order valence-corrected chi connectivity index (χ1v) is 12.0. The largest absolute Gasteiger partial charge is 0.435 e. The fourth-order valence-corrected chi connectivity index (χ4v) is 3.46. The zero-order valence-corrected chi connectivity index (χ0v) is 19.5. The van der Waals surface area contributed by atoms with Gasteiger partial charge >= 0.3 is 18.4 Å². The summed E-state index contributed by atoms with van der Waals surface area (Å²) in [6, 6.07) is 6.45. The molecule has 200 valence electrons. The molecule has 8 nitrogen and oxygen atoms in total. The molecule has 0 atom stereocenters. The number of halogens is 7. The van der Waals surface area contributed by atoms with Gasteiger partial charge in [-0.05, 0) is 36.4 Å². The van der Waals surface area contributed by atoms with Crippen LogP contribution >= 0.6 is 0 Å². The van der Waals surface area contributed by atoms with Crippen LogP contribution in [0.25, 0.3) is 5.69 Å². The van der Waals surface area contributed by atoms with Gasteiger partial charge in [-0.3, -0.25) is 0 Å². The topological polar surface area (TPSA) is 105 Å². The molecule has 3 rings (SSSR count). The van der Waals surface area contributed by atoms with Crippen molar-refractivity contribution in [1.29, 1.82) is 0 Å². The molecule has 0 radical (unpaired) electrons. The Morgan fingerprint density at radius 3 is 2.27 bits per heavy atom. The summed E-state index contributed by atoms with van der Waals surface area (Å²) in [6.45, 7) is -0.914. The van der Waals surface area contributed by atoms with Crippen LogP contribution < -0.4 is 15.4 Å². The molecule has 0 saturated heterocycles. The molecule has 0 aliphatic heterocycles. The highest BCUT2D eigenvalue weighted by atomic mass is 32.2. The Hall–Kier alpha value is -3.66. The Bertz CT molecular complexity index is 1400. The van der Waals surface area contributed by atoms with Crippen molar-refractivity contribution in [2.24, 2.45) is 0 Å². The van der Waals surface area contributed by atoms with E-state index in [0.717, 1.165) is 30.5 Å². The highest BCUT2D eigenvalue weighted by molar-refractivity contribution is 7.88. The maximum absolute atomic E-state index is 14.2. The lowest BCUT2D eigenvalue weighted by molar-refractivity contribution is -0.141. The molecular weight excluding hydrogens is 535 g/mol. The van der Waals surface area contributed by atoms with Crippen LogP contribution in [0.3, 0.4) is 0 Å². The first kappa shape index (κ1) is 27.9. The third-order valence-electron chi connectivity index (χ3n) is 4.76. The Morgan fingerprint density at radius 2 is 1.68 bits per heavy atom. The standard InChI is InChI=1S/C21H18F7N5O3S/c1-37(35,36)30-10-12-5-6-14(8-17(12)22)31-19(34)29-11-16-9-18(21(26,27)28)32-33(16)15-4-2-3-13(7-15)20(23,24)25/h2-9,30H,10-11H2,1H3,(H2,29,31,34). The minimum atomic E-state index is -4.91. The van der Waals surface area contributed by atoms with Crippen LogP contribution in [0.15, 0.2) is 48.5 Å². The molecule has 0 aliphatic carbocycles. The number of hydrogen-bond acceptors (Lipinski definition) is 4. The smallest absolute Gasteiger partial charge is 0.332 e. The number of nitrogens with one attached hydrogen (secondary N) is 3. The third kappa shape index (κ3) is 7.66. The van der Waals surface area contributed by atoms with Crippen LogP contribution in [-0.4, -0.2) is 30.5 Å². The van der Waals surface area contributed by atoms with Gasteiger partial charge < -0.3 is 10.6 Å². The van der Waals surface area contributed by atoms with E-state index in [9.17, 15) is 43.9 Å². The fraction of sp³-hybridized carbons (Fsp3) is 0.238. The van der Waals surface area contributed by atoms with E-state index in [1.54, 1.807) is 0 Å². The number of carbonyl (C=O) groups is 1. The van der Waals surface area contributed by atoms with Crippen LogP contribution in [0.4, 0.5) is 41.2 Å². The molecule has 0 bridgehead atoms. The fourth-order valence-electron chi connectivity index (χ4n) is 3.05. The monoisotopic (exact) mass is 553 g/mol. The van der Waals surface area contributed by atoms with Crippen LogP contribution in [0.1, 0.15) is 22.5 Å². The van der Waals surface area contributed by atoms with E-state index in [2.05, 4.69) is 20.5 Å². The highest BCUT2D eigenvalue weighted by Crippen LogP contribution is 2.32. The quantitative estimate of drug-likeness (QED) is 0.377. The number of urea groups is 1. The number of carbonyl (C=O) groups excluding carboxylic acids is 1. The molecule has 0 unspecified atom stereocenters. The number of alkyl halides is 6. The molecule has 0 spiro atoms. The third-order valence-corrected chi connectivity index (χ3v) is 5.43. The number of benzene rings is 2. The highest BCUT2D eigenvalue weighted by Gasteiger charge is 2.36. The van der Waals surface area contributed by atoms with Crippen LogP contribution in [0.2, 0.25) is 0 Å². The van der Waals surface area contributed by atoms with Gasteiger partial charge in [0.1, 0.15) is 5.82 Å². The summed E-state index contributed by atoms with van der Waals surface area (Å²) in [5.74, 6) is -0.841. The van der Waals surface area contributed by atoms with Crippen molar-refractivity contribution < 1.29 is 43.9 Å². The Labute approximate surface area is 205 Å². The zero-order valence-electron chi connectivity index (χ0n) is 18.7. The predicted octanol–water partition coefficient (Wildman–Crippen LogP) is 4.42. The maximum Gasteiger partial charge on any atom is 0.435 e. The van der Waals surface area contributed by atoms with Gasteiger partial charge in [0, 0.05) is 17.8 Å². The number of nitrogens with zero attached hydrogens (tertiary/aromatic N) is 2. The van der Waals surface area contributed by atoms with Crippen molar-refractivity contribution in [2.75, 3.05) is 11.6 Å². The lowest BCUT2D eigenvalue weighted by atomic mass is 10.2. The number of hydrogen-bond donors (Lipinski definition) is 3. The van der Waals surface area contributed by atoms with Crippen molar-refractivity contribution in [3.63, 3.8) is 0 Å². The Morgan fingerprint density at radius 1 is 0.973 bits per heavy atom. The van der Waals surface area contributed by atoms with Crippen molar-refractivity contribution >= 4 is 21.7 Å². The Kier molecular flexibility index (Phi) is 7.83. The molecule has 2 amide bonds. The zero-order chi connectivity index (χ0) is 27.6. The van der Waals surface area contributed by atoms with Crippen molar-refractivity contribution in [3.05, 3.63) is 76.9 Å². The summed E-state index contributed by atoms with van der Waals surface area (Å²) in [4.78, 5) is 12.2. The van der Waals surface area contributed by atoms with Gasteiger partial charge in [-0.1, -0.05) is 12.1 Å². The van der Waals surface area contributed by atoms with Gasteiger partial charge in [0.05, 0.1) is 29.7 Å². The molecule has 3 N–H and O–H groups in total. The van der Waals surface area contributed by atoms with Crippen LogP contribution in [-0.2, 0) is 35.5 Å². The number of sulfonamides is 1. The van der Waals surface area contributed by atoms with E-state index in [0.29, 0.717) is 16.8 Å². The summed E-state index contributed by atoms with van der Waals surface area (Å²) < 4.78 is 118. The van der Waals surface area contributed by atoms with Crippen molar-refractivity contribution in [2.45, 2.75) is 25.4 Å². The molecule has 1 heterocycles. The van der Waals surface area contributed by atoms with E-state index < -0.39 is 52.0 Å². The van der Waals surface area contributed by atoms with E-state index in [1.165, 1.54) is 12.1 Å². The molecular formula is C21H18F7N5O3S. The average Bonchev–Trinajstić information content (AvgIpc) is 3.21. The summed E-state index contributed by atoms with van der Waals surface area (Å²) in [7, 11) is -3.57. The van der Waals surface area contributed by atoms with Gasteiger partial charge in [0.2, 0.25) is 10.0 Å². The minimum absolute atomic E-state index is 0.0129. The van der Waals surface area contributed by atoms with E-state index in [1.807, 2.05) is 0 Å². The van der Waals surface area contributed by atoms with Crippen LogP contribution in [0.5, 0.6) is 0 Å². The average molecular weight is 553 g/mol. The van der Waals surface area contributed by atoms with Gasteiger partial charge in [-0.15, -0.1) is 0 Å². The normalized spacial score (nSPS) is 12.4. The number of aromatic nitrogens is 2. The van der Waals surface area contributed by atoms with Crippen molar-refractivity contribution in [3.8, 4) is 5.69 Å². The molecule has 0 saturated carbocycles. The van der Waals surface area contributed by atoms with E-state index in [4.69, 9.17) is 0 Å². The van der Waals surface area contributed by atoms with E-state index >= 15 is 0 Å². The maximum atomic E-state index is 14.2. The Balaban J connectivity index is 1.76. The predicted molar refractivity (Wildman–Crippen MR) is 118 cm³/mol. The number of amides is 2. The van der Waals surface area contributed by atoms with Gasteiger partial charge in [-0.25, -0.2) is 27.0 Å². The van der Waals surface area contributed by atoms with Crippen molar-refractivity contribution in [1.82, 2.24) is 19.8 Å². The van der Waals surface area contributed by atoms with Crippen LogP contribution in [0, 0.1) is 5.82 Å². The molecule has 0 fully saturated rings. The summed E-state index contributed by atoms with van der Waals surface area (Å²) in [5, 5.41) is 7.83. The van der Waals surface area contributed by atoms with Gasteiger partial charge in [0.15, 0.2) is 5.69 Å². The van der Waals surface area contributed by atoms with Gasteiger partial charge in [-0.2, -0.15) is 31.4 Å². The SMILES string of the molecule is CS(=O)(=O)NCc1ccc(NC(=O)NCc2cc(C(F)(F)F)nn2-c2cccc(C(F)(F)F)c2)cc1F. The molecule has 16 heteroatoms. The first-order chi connectivity index (χ1) is 17.0. The number of rotatable bonds is 7. The second-order valence-electron chi connectivity index (χ2n) is 7.69. The second-order valence-corrected chi connectivity index (χ2v) is 9.52. The second kappa shape index (κ2) is 10.4. The molecule has 2 aromatic carbocycles. The van der Waals surface area contributed by atoms with Gasteiger partial charge in [0.25, 0.3) is 0 Å². The molecule has 37 heavy (non-hydrogen) atoms. The van der Waals surface area contributed by atoms with E-state index in [-0.39, 0.29) is 29.2 Å². The number of anilines is 1. The molecule has 1 aromatic heterocycles. The lowest BCUT2D eigenvalue weighted by Gasteiger charge is -2.12. The summed E-state index contributed by atoms with van der Waals surface area (Å²) in [5.41, 5.74) is -3.16. The first-order valence-electron chi connectivity index (χ1n) is 10.1.